The molecule has 1 aromatic heterocycles. The quantitative estimate of drug-likeness (QED) is 0.908. The Hall–Kier alpha value is -1.65. The highest BCUT2D eigenvalue weighted by atomic mass is 35.5. The van der Waals surface area contributed by atoms with Gasteiger partial charge >= 0.3 is 0 Å². The molecule has 5 rings (SSSR count). The summed E-state index contributed by atoms with van der Waals surface area (Å²) in [6, 6.07) is 10.0. The van der Waals surface area contributed by atoms with Crippen molar-refractivity contribution in [2.24, 2.45) is 5.92 Å². The summed E-state index contributed by atoms with van der Waals surface area (Å²) in [6.45, 7) is 6.81. The molecule has 4 nitrogen and oxygen atoms in total. The van der Waals surface area contributed by atoms with Crippen LogP contribution in [0, 0.1) is 5.92 Å². The minimum Gasteiger partial charge on any atom is -0.347 e. The highest BCUT2D eigenvalue weighted by Gasteiger charge is 2.48. The van der Waals surface area contributed by atoms with E-state index in [1.165, 1.54) is 12.8 Å². The topological polar surface area (TPSA) is 45.2 Å². The lowest BCUT2D eigenvalue weighted by atomic mass is 9.72. The summed E-state index contributed by atoms with van der Waals surface area (Å²) in [7, 11) is 0. The van der Waals surface area contributed by atoms with Crippen molar-refractivity contribution >= 4 is 29.2 Å². The number of hydrogen-bond acceptors (Lipinski definition) is 3. The van der Waals surface area contributed by atoms with E-state index >= 15 is 0 Å². The molecule has 1 N–H and O–H groups in total. The zero-order chi connectivity index (χ0) is 16.0. The molecule has 2 bridgehead atoms. The maximum atomic E-state index is 12.8. The highest BCUT2D eigenvalue weighted by Crippen LogP contribution is 2.39. The van der Waals surface area contributed by atoms with E-state index in [2.05, 4.69) is 29.0 Å². The first kappa shape index (κ1) is 17.2. The third kappa shape index (κ3) is 2.78. The number of amides is 1. The van der Waals surface area contributed by atoms with E-state index in [0.717, 1.165) is 24.0 Å². The molecule has 0 radical (unpaired) electrons. The molecule has 0 saturated carbocycles. The Kier molecular flexibility index (Phi) is 4.54. The van der Waals surface area contributed by atoms with Crippen LogP contribution >= 0.6 is 12.4 Å². The van der Waals surface area contributed by atoms with E-state index in [9.17, 15) is 4.79 Å². The Morgan fingerprint density at radius 3 is 2.67 bits per heavy atom. The van der Waals surface area contributed by atoms with Gasteiger partial charge in [-0.15, -0.1) is 12.4 Å². The molecule has 3 aliphatic rings. The van der Waals surface area contributed by atoms with Crippen molar-refractivity contribution in [1.82, 2.24) is 15.2 Å². The lowest BCUT2D eigenvalue weighted by molar-refractivity contribution is -0.0378. The van der Waals surface area contributed by atoms with Gasteiger partial charge in [0.05, 0.1) is 11.1 Å². The number of fused-ring (bicyclic) bond motifs is 4. The van der Waals surface area contributed by atoms with Crippen molar-refractivity contribution in [3.63, 3.8) is 0 Å². The number of carbonyl (C=O) groups excluding carboxylic acids is 1. The molecule has 3 fully saturated rings. The van der Waals surface area contributed by atoms with E-state index in [0.29, 0.717) is 11.5 Å². The zero-order valence-corrected chi connectivity index (χ0v) is 15.0. The van der Waals surface area contributed by atoms with Crippen LogP contribution in [0.15, 0.2) is 36.5 Å². The van der Waals surface area contributed by atoms with E-state index in [-0.39, 0.29) is 29.9 Å². The maximum absolute atomic E-state index is 12.8. The largest absolute Gasteiger partial charge is 0.347 e. The van der Waals surface area contributed by atoms with E-state index < -0.39 is 0 Å². The zero-order valence-electron chi connectivity index (χ0n) is 14.2. The number of pyridine rings is 1. The third-order valence-corrected chi connectivity index (χ3v) is 5.73. The molecule has 2 aromatic rings. The molecule has 1 atom stereocenters. The maximum Gasteiger partial charge on any atom is 0.253 e. The van der Waals surface area contributed by atoms with Crippen LogP contribution in [-0.2, 0) is 0 Å². The molecule has 0 aliphatic carbocycles. The van der Waals surface area contributed by atoms with Crippen LogP contribution in [0.1, 0.15) is 37.0 Å². The summed E-state index contributed by atoms with van der Waals surface area (Å²) < 4.78 is 0. The van der Waals surface area contributed by atoms with Crippen LogP contribution in [-0.4, -0.2) is 40.5 Å². The number of nitrogens with one attached hydrogen (secondary N) is 1. The van der Waals surface area contributed by atoms with Crippen molar-refractivity contribution in [3.8, 4) is 0 Å². The van der Waals surface area contributed by atoms with E-state index in [1.807, 2.05) is 30.3 Å². The van der Waals surface area contributed by atoms with E-state index in [4.69, 9.17) is 0 Å². The number of nitrogens with zero attached hydrogens (tertiary/aromatic N) is 2. The predicted molar refractivity (Wildman–Crippen MR) is 98.6 cm³/mol. The molecule has 3 saturated heterocycles. The number of hydrogen-bond donors (Lipinski definition) is 1. The molecule has 4 heterocycles. The molecule has 3 aliphatic heterocycles. The van der Waals surface area contributed by atoms with Gasteiger partial charge in [-0.3, -0.25) is 14.7 Å². The predicted octanol–water partition coefficient (Wildman–Crippen LogP) is 3.26. The van der Waals surface area contributed by atoms with Crippen LogP contribution in [0.5, 0.6) is 0 Å². The van der Waals surface area contributed by atoms with Gasteiger partial charge in [0.2, 0.25) is 0 Å². The second kappa shape index (κ2) is 6.34. The van der Waals surface area contributed by atoms with Gasteiger partial charge < -0.3 is 5.32 Å². The standard InChI is InChI=1S/C19H23N3O.ClH/c1-19(2)17(13-7-9-22(19)10-8-13)21-18(23)15-11-14-5-3-4-6-16(14)20-12-15;/h3-6,11-13,17H,7-10H2,1-2H3,(H,21,23);1H/t17-;/m1./s1. The van der Waals surface area contributed by atoms with Gasteiger partial charge in [0.1, 0.15) is 0 Å². The number of aromatic nitrogens is 1. The first-order chi connectivity index (χ1) is 11.1. The van der Waals surface area contributed by atoms with Crippen LogP contribution in [0.3, 0.4) is 0 Å². The minimum atomic E-state index is -0.00456. The third-order valence-electron chi connectivity index (χ3n) is 5.73. The first-order valence-electron chi connectivity index (χ1n) is 8.46. The van der Waals surface area contributed by atoms with Gasteiger partial charge in [-0.1, -0.05) is 18.2 Å². The summed E-state index contributed by atoms with van der Waals surface area (Å²) in [6.07, 6.45) is 4.06. The van der Waals surface area contributed by atoms with Gasteiger partial charge in [0.15, 0.2) is 0 Å². The smallest absolute Gasteiger partial charge is 0.253 e. The number of rotatable bonds is 2. The monoisotopic (exact) mass is 345 g/mol. The summed E-state index contributed by atoms with van der Waals surface area (Å²) in [5.74, 6) is 0.586. The van der Waals surface area contributed by atoms with Crippen LogP contribution in [0.4, 0.5) is 0 Å². The lowest BCUT2D eigenvalue weighted by Gasteiger charge is -2.56. The van der Waals surface area contributed by atoms with Crippen molar-refractivity contribution in [2.75, 3.05) is 13.1 Å². The van der Waals surface area contributed by atoms with Crippen LogP contribution < -0.4 is 5.32 Å². The molecule has 5 heteroatoms. The van der Waals surface area contributed by atoms with Gasteiger partial charge in [-0.2, -0.15) is 0 Å². The van der Waals surface area contributed by atoms with Crippen LogP contribution in [0.25, 0.3) is 10.9 Å². The van der Waals surface area contributed by atoms with E-state index in [1.54, 1.807) is 6.20 Å². The Bertz CT molecular complexity index is 753. The average molecular weight is 346 g/mol. The molecular formula is C19H24ClN3O. The van der Waals surface area contributed by atoms with Gasteiger partial charge in [-0.25, -0.2) is 0 Å². The number of benzene rings is 1. The molecule has 1 aromatic carbocycles. The number of carbonyl (C=O) groups is 1. The molecule has 1 amide bonds. The lowest BCUT2D eigenvalue weighted by Crippen LogP contribution is -2.69. The Morgan fingerprint density at radius 1 is 1.25 bits per heavy atom. The highest BCUT2D eigenvalue weighted by molar-refractivity contribution is 5.97. The summed E-state index contributed by atoms with van der Waals surface area (Å²) in [5, 5.41) is 4.31. The fraction of sp³-hybridized carbons (Fsp3) is 0.474. The average Bonchev–Trinajstić information content (AvgIpc) is 2.58. The van der Waals surface area contributed by atoms with Gasteiger partial charge in [-0.05, 0) is 57.8 Å². The molecule has 128 valence electrons. The normalized spacial score (nSPS) is 27.5. The number of halogens is 1. The van der Waals surface area contributed by atoms with Gasteiger partial charge in [0.25, 0.3) is 5.91 Å². The first-order valence-corrected chi connectivity index (χ1v) is 8.46. The Balaban J connectivity index is 0.00000169. The van der Waals surface area contributed by atoms with Crippen molar-refractivity contribution < 1.29 is 4.79 Å². The molecule has 0 spiro atoms. The summed E-state index contributed by atoms with van der Waals surface area (Å²) in [5.41, 5.74) is 1.60. The van der Waals surface area contributed by atoms with Crippen molar-refractivity contribution in [2.45, 2.75) is 38.3 Å². The molecule has 0 unspecified atom stereocenters. The second-order valence-electron chi connectivity index (χ2n) is 7.35. The molecular weight excluding hydrogens is 322 g/mol. The summed E-state index contributed by atoms with van der Waals surface area (Å²) in [4.78, 5) is 19.7. The molecule has 24 heavy (non-hydrogen) atoms. The Morgan fingerprint density at radius 2 is 1.96 bits per heavy atom. The van der Waals surface area contributed by atoms with Crippen LogP contribution in [0.2, 0.25) is 0 Å². The Labute approximate surface area is 149 Å². The van der Waals surface area contributed by atoms with Crippen molar-refractivity contribution in [1.29, 1.82) is 0 Å². The fourth-order valence-corrected chi connectivity index (χ4v) is 4.30. The number of piperidine rings is 3. The van der Waals surface area contributed by atoms with Gasteiger partial charge in [0, 0.05) is 23.2 Å². The minimum absolute atomic E-state index is 0. The summed E-state index contributed by atoms with van der Waals surface area (Å²) >= 11 is 0. The van der Waals surface area contributed by atoms with Crippen molar-refractivity contribution in [3.05, 3.63) is 42.1 Å². The fourth-order valence-electron chi connectivity index (χ4n) is 4.30. The SMILES string of the molecule is CC1(C)[C@H](NC(=O)c2cnc3ccccc3c2)C2CCN1CC2.Cl. The number of para-hydroxylation sites is 1. The second-order valence-corrected chi connectivity index (χ2v) is 7.35.